The number of carbonyl (C=O) groups excluding carboxylic acids is 1. The zero-order chi connectivity index (χ0) is 11.9. The third kappa shape index (κ3) is 1.75. The van der Waals surface area contributed by atoms with Gasteiger partial charge in [0.05, 0.1) is 6.04 Å². The van der Waals surface area contributed by atoms with Crippen LogP contribution in [0.3, 0.4) is 0 Å². The second kappa shape index (κ2) is 4.36. The number of fused-ring (bicyclic) bond motifs is 1. The van der Waals surface area contributed by atoms with Crippen molar-refractivity contribution in [3.63, 3.8) is 0 Å². The van der Waals surface area contributed by atoms with Gasteiger partial charge in [-0.15, -0.1) is 0 Å². The maximum atomic E-state index is 12.4. The highest BCUT2D eigenvalue weighted by Crippen LogP contribution is 2.31. The highest BCUT2D eigenvalue weighted by atomic mass is 16.2. The van der Waals surface area contributed by atoms with Crippen LogP contribution < -0.4 is 0 Å². The predicted molar refractivity (Wildman–Crippen MR) is 65.3 cm³/mol. The van der Waals surface area contributed by atoms with Crippen molar-refractivity contribution in [3.05, 3.63) is 0 Å². The summed E-state index contributed by atoms with van der Waals surface area (Å²) in [6.07, 6.45) is 4.89. The number of amides is 1. The molecule has 0 aromatic carbocycles. The van der Waals surface area contributed by atoms with Crippen molar-refractivity contribution >= 4 is 5.91 Å². The van der Waals surface area contributed by atoms with Crippen molar-refractivity contribution in [3.8, 4) is 0 Å². The topological polar surface area (TPSA) is 23.6 Å². The summed E-state index contributed by atoms with van der Waals surface area (Å²) in [6.45, 7) is 6.51. The van der Waals surface area contributed by atoms with E-state index in [4.69, 9.17) is 0 Å². The van der Waals surface area contributed by atoms with Crippen LogP contribution in [0.1, 0.15) is 46.5 Å². The van der Waals surface area contributed by atoms with Crippen LogP contribution in [0, 0.1) is 0 Å². The molecule has 2 heterocycles. The molecule has 2 aliphatic rings. The quantitative estimate of drug-likeness (QED) is 0.627. The fourth-order valence-electron chi connectivity index (χ4n) is 3.27. The maximum absolute atomic E-state index is 12.4. The molecule has 3 nitrogen and oxygen atoms in total. The van der Waals surface area contributed by atoms with Gasteiger partial charge in [-0.05, 0) is 40.7 Å². The van der Waals surface area contributed by atoms with Crippen LogP contribution in [0.2, 0.25) is 0 Å². The molecular weight excluding hydrogens is 200 g/mol. The molecule has 3 heteroatoms. The van der Waals surface area contributed by atoms with Gasteiger partial charge >= 0.3 is 0 Å². The second-order valence-electron chi connectivity index (χ2n) is 5.53. The van der Waals surface area contributed by atoms with Crippen LogP contribution in [0.5, 0.6) is 0 Å². The molecule has 92 valence electrons. The first-order chi connectivity index (χ1) is 7.54. The van der Waals surface area contributed by atoms with E-state index >= 15 is 0 Å². The lowest BCUT2D eigenvalue weighted by atomic mass is 9.95. The summed E-state index contributed by atoms with van der Waals surface area (Å²) in [5.74, 6) is 0.333. The monoisotopic (exact) mass is 224 g/mol. The molecule has 0 aromatic heterocycles. The molecule has 0 bridgehead atoms. The fourth-order valence-corrected chi connectivity index (χ4v) is 3.27. The van der Waals surface area contributed by atoms with Gasteiger partial charge in [0.15, 0.2) is 0 Å². The molecule has 0 aliphatic carbocycles. The second-order valence-corrected chi connectivity index (χ2v) is 5.53. The van der Waals surface area contributed by atoms with Crippen molar-refractivity contribution in [1.82, 2.24) is 9.80 Å². The number of nitrogens with zero attached hydrogens (tertiary/aromatic N) is 2. The van der Waals surface area contributed by atoms with Gasteiger partial charge < -0.3 is 4.90 Å². The van der Waals surface area contributed by atoms with E-state index in [1.807, 2.05) is 6.92 Å². The Balaban J connectivity index is 2.28. The van der Waals surface area contributed by atoms with Gasteiger partial charge in [0.1, 0.15) is 0 Å². The molecule has 2 fully saturated rings. The summed E-state index contributed by atoms with van der Waals surface area (Å²) in [5.41, 5.74) is 0. The molecule has 2 aliphatic heterocycles. The number of likely N-dealkylation sites (N-methyl/N-ethyl adjacent to an activating group) is 1. The van der Waals surface area contributed by atoms with Crippen LogP contribution in [-0.2, 0) is 4.79 Å². The van der Waals surface area contributed by atoms with E-state index in [0.717, 1.165) is 0 Å². The molecular formula is C13H24N2O. The number of hydrogen-bond donors (Lipinski definition) is 0. The lowest BCUT2D eigenvalue weighted by Gasteiger charge is -2.49. The van der Waals surface area contributed by atoms with Crippen LogP contribution in [0.4, 0.5) is 0 Å². The third-order valence-corrected chi connectivity index (χ3v) is 4.63. The molecule has 0 spiro atoms. The molecule has 0 N–H and O–H groups in total. The van der Waals surface area contributed by atoms with Crippen LogP contribution >= 0.6 is 0 Å². The van der Waals surface area contributed by atoms with Gasteiger partial charge in [-0.3, -0.25) is 9.69 Å². The minimum Gasteiger partial charge on any atom is -0.334 e. The highest BCUT2D eigenvalue weighted by molar-refractivity contribution is 5.83. The first kappa shape index (κ1) is 11.9. The Hall–Kier alpha value is -0.570. The van der Waals surface area contributed by atoms with E-state index in [1.54, 1.807) is 0 Å². The number of hydrogen-bond acceptors (Lipinski definition) is 2. The zero-order valence-corrected chi connectivity index (χ0v) is 10.9. The average Bonchev–Trinajstić information content (AvgIpc) is 2.45. The van der Waals surface area contributed by atoms with Gasteiger partial charge in [0, 0.05) is 18.1 Å². The summed E-state index contributed by atoms with van der Waals surface area (Å²) in [5, 5.41) is 0. The van der Waals surface area contributed by atoms with Crippen LogP contribution in [0.25, 0.3) is 0 Å². The molecule has 4 unspecified atom stereocenters. The molecule has 0 aromatic rings. The Morgan fingerprint density at radius 2 is 1.75 bits per heavy atom. The molecule has 0 radical (unpaired) electrons. The minimum atomic E-state index is 0.0480. The normalized spacial score (nSPS) is 41.8. The van der Waals surface area contributed by atoms with Crippen molar-refractivity contribution in [2.75, 3.05) is 7.05 Å². The Kier molecular flexibility index (Phi) is 3.24. The van der Waals surface area contributed by atoms with Gasteiger partial charge in [-0.2, -0.15) is 0 Å². The van der Waals surface area contributed by atoms with Gasteiger partial charge in [-0.25, -0.2) is 0 Å². The Labute approximate surface area is 98.8 Å². The number of piperazine rings is 1. The van der Waals surface area contributed by atoms with E-state index in [2.05, 4.69) is 30.7 Å². The Morgan fingerprint density at radius 3 is 2.44 bits per heavy atom. The molecule has 0 saturated carbocycles. The number of carbonyl (C=O) groups is 1. The van der Waals surface area contributed by atoms with Crippen LogP contribution in [0.15, 0.2) is 0 Å². The fraction of sp³-hybridized carbons (Fsp3) is 0.923. The van der Waals surface area contributed by atoms with Gasteiger partial charge in [-0.1, -0.05) is 12.8 Å². The minimum absolute atomic E-state index is 0.0480. The van der Waals surface area contributed by atoms with Crippen molar-refractivity contribution < 1.29 is 4.79 Å². The first-order valence-electron chi connectivity index (χ1n) is 6.58. The Morgan fingerprint density at radius 1 is 1.12 bits per heavy atom. The van der Waals surface area contributed by atoms with Crippen molar-refractivity contribution in [2.45, 2.75) is 70.6 Å². The van der Waals surface area contributed by atoms with Gasteiger partial charge in [0.2, 0.25) is 5.91 Å². The summed E-state index contributed by atoms with van der Waals surface area (Å²) in [6, 6.07) is 1.41. The summed E-state index contributed by atoms with van der Waals surface area (Å²) >= 11 is 0. The lowest BCUT2D eigenvalue weighted by Crippen LogP contribution is -2.65. The molecule has 2 saturated heterocycles. The molecule has 1 amide bonds. The first-order valence-corrected chi connectivity index (χ1v) is 6.58. The van der Waals surface area contributed by atoms with E-state index in [9.17, 15) is 4.79 Å². The van der Waals surface area contributed by atoms with E-state index < -0.39 is 0 Å². The zero-order valence-electron chi connectivity index (χ0n) is 10.9. The van der Waals surface area contributed by atoms with Crippen LogP contribution in [-0.4, -0.2) is 46.9 Å². The van der Waals surface area contributed by atoms with Gasteiger partial charge in [0.25, 0.3) is 0 Å². The standard InChI is InChI=1S/C13H24N2O/c1-9-7-5-6-8-12-10(2)14(4)11(3)13(16)15(9)12/h9-12H,5-8H2,1-4H3. The molecule has 2 rings (SSSR count). The largest absolute Gasteiger partial charge is 0.334 e. The van der Waals surface area contributed by atoms with E-state index in [-0.39, 0.29) is 6.04 Å². The highest BCUT2D eigenvalue weighted by Gasteiger charge is 2.43. The lowest BCUT2D eigenvalue weighted by molar-refractivity contribution is -0.150. The Bertz CT molecular complexity index is 279. The average molecular weight is 224 g/mol. The number of rotatable bonds is 0. The van der Waals surface area contributed by atoms with E-state index in [0.29, 0.717) is 24.0 Å². The smallest absolute Gasteiger partial charge is 0.240 e. The van der Waals surface area contributed by atoms with Crippen molar-refractivity contribution in [2.24, 2.45) is 0 Å². The summed E-state index contributed by atoms with van der Waals surface area (Å²) in [7, 11) is 2.08. The molecule has 16 heavy (non-hydrogen) atoms. The summed E-state index contributed by atoms with van der Waals surface area (Å²) in [4.78, 5) is 16.8. The summed E-state index contributed by atoms with van der Waals surface area (Å²) < 4.78 is 0. The predicted octanol–water partition coefficient (Wildman–Crippen LogP) is 1.87. The van der Waals surface area contributed by atoms with Crippen molar-refractivity contribution in [1.29, 1.82) is 0 Å². The molecule has 4 atom stereocenters. The third-order valence-electron chi connectivity index (χ3n) is 4.63. The van der Waals surface area contributed by atoms with E-state index in [1.165, 1.54) is 25.7 Å². The SMILES string of the molecule is CC1C(=O)N2C(C)CCCCC2C(C)N1C. The maximum Gasteiger partial charge on any atom is 0.240 e.